The molecule has 0 aliphatic carbocycles. The minimum absolute atomic E-state index is 0.0584. The fourth-order valence-electron chi connectivity index (χ4n) is 4.36. The molecule has 0 saturated carbocycles. The van der Waals surface area contributed by atoms with Crippen LogP contribution in [0.25, 0.3) is 0 Å². The number of carboxylic acid groups (broad SMARTS) is 3. The monoisotopic (exact) mass is 644 g/mol. The van der Waals surface area contributed by atoms with Crippen LogP contribution >= 0.6 is 0 Å². The molecule has 0 fully saturated rings. The van der Waals surface area contributed by atoms with Gasteiger partial charge in [-0.05, 0) is 77.3 Å². The molecular formula is C29H52N6O10. The van der Waals surface area contributed by atoms with Crippen LogP contribution in [-0.2, 0) is 33.6 Å². The zero-order valence-corrected chi connectivity index (χ0v) is 26.0. The smallest absolute Gasteiger partial charge is 0.326 e. The Morgan fingerprint density at radius 3 is 1.47 bits per heavy atom. The van der Waals surface area contributed by atoms with Crippen LogP contribution in [0.1, 0.15) is 103 Å². The second kappa shape index (κ2) is 25.5. The highest BCUT2D eigenvalue weighted by atomic mass is 16.4. The summed E-state index contributed by atoms with van der Waals surface area (Å²) in [5, 5.41) is 37.6. The van der Waals surface area contributed by atoms with Gasteiger partial charge in [0.05, 0.1) is 0 Å². The molecule has 0 aliphatic rings. The van der Waals surface area contributed by atoms with Crippen molar-refractivity contribution in [2.75, 3.05) is 19.6 Å². The lowest BCUT2D eigenvalue weighted by Crippen LogP contribution is -2.55. The number of carbonyl (C=O) groups excluding carboxylic acids is 4. The van der Waals surface area contributed by atoms with E-state index in [0.717, 1.165) is 0 Å². The van der Waals surface area contributed by atoms with Gasteiger partial charge in [-0.2, -0.15) is 0 Å². The first-order valence-corrected chi connectivity index (χ1v) is 15.6. The molecule has 0 spiro atoms. The molecule has 0 aliphatic heterocycles. The van der Waals surface area contributed by atoms with E-state index in [-0.39, 0.29) is 70.2 Å². The molecule has 0 radical (unpaired) electrons. The third-order valence-electron chi connectivity index (χ3n) is 6.87. The van der Waals surface area contributed by atoms with E-state index in [1.807, 2.05) is 0 Å². The summed E-state index contributed by atoms with van der Waals surface area (Å²) in [6.45, 7) is 1.08. The van der Waals surface area contributed by atoms with Gasteiger partial charge < -0.3 is 48.1 Å². The van der Waals surface area contributed by atoms with Crippen molar-refractivity contribution in [1.29, 1.82) is 0 Å². The van der Waals surface area contributed by atoms with Crippen LogP contribution in [0, 0.1) is 0 Å². The van der Waals surface area contributed by atoms with Gasteiger partial charge in [-0.1, -0.05) is 12.8 Å². The van der Waals surface area contributed by atoms with Gasteiger partial charge in [0.25, 0.3) is 0 Å². The van der Waals surface area contributed by atoms with Crippen molar-refractivity contribution in [3.05, 3.63) is 0 Å². The Kier molecular flexibility index (Phi) is 23.4. The van der Waals surface area contributed by atoms with E-state index in [9.17, 15) is 38.7 Å². The summed E-state index contributed by atoms with van der Waals surface area (Å²) in [7, 11) is 0. The number of unbranched alkanes of at least 4 members (excludes halogenated alkanes) is 4. The fraction of sp³-hybridized carbons (Fsp3) is 0.759. The summed E-state index contributed by atoms with van der Waals surface area (Å²) < 4.78 is 0. The highest BCUT2D eigenvalue weighted by molar-refractivity contribution is 5.93. The molecular weight excluding hydrogens is 592 g/mol. The van der Waals surface area contributed by atoms with Crippen molar-refractivity contribution in [1.82, 2.24) is 21.3 Å². The summed E-state index contributed by atoms with van der Waals surface area (Å²) in [5.41, 5.74) is 11.1. The normalized spacial score (nSPS) is 12.8. The zero-order valence-electron chi connectivity index (χ0n) is 26.0. The molecule has 3 atom stereocenters. The van der Waals surface area contributed by atoms with E-state index < -0.39 is 53.8 Å². The predicted octanol–water partition coefficient (Wildman–Crippen LogP) is -0.0302. The van der Waals surface area contributed by atoms with Crippen LogP contribution < -0.4 is 32.7 Å². The topological polar surface area (TPSA) is 280 Å². The van der Waals surface area contributed by atoms with Gasteiger partial charge in [0.2, 0.25) is 23.6 Å². The van der Waals surface area contributed by atoms with Crippen molar-refractivity contribution in [3.63, 3.8) is 0 Å². The lowest BCUT2D eigenvalue weighted by molar-refractivity contribution is -0.142. The largest absolute Gasteiger partial charge is 0.481 e. The third kappa shape index (κ3) is 22.4. The summed E-state index contributed by atoms with van der Waals surface area (Å²) in [5.74, 6) is -5.45. The molecule has 0 saturated heterocycles. The molecule has 11 N–H and O–H groups in total. The maximum absolute atomic E-state index is 13.3. The highest BCUT2D eigenvalue weighted by Crippen LogP contribution is 2.09. The number of carbonyl (C=O) groups is 7. The second-order valence-corrected chi connectivity index (χ2v) is 10.8. The Labute approximate surface area is 263 Å². The van der Waals surface area contributed by atoms with Gasteiger partial charge in [-0.3, -0.25) is 28.8 Å². The summed E-state index contributed by atoms with van der Waals surface area (Å²) in [4.78, 5) is 84.1. The van der Waals surface area contributed by atoms with Crippen LogP contribution in [0.15, 0.2) is 0 Å². The molecule has 0 heterocycles. The summed E-state index contributed by atoms with van der Waals surface area (Å²) in [6.07, 6.45) is 4.19. The van der Waals surface area contributed by atoms with Gasteiger partial charge in [-0.15, -0.1) is 0 Å². The number of nitrogens with one attached hydrogen (secondary N) is 4. The van der Waals surface area contributed by atoms with Gasteiger partial charge >= 0.3 is 17.9 Å². The van der Waals surface area contributed by atoms with Crippen molar-refractivity contribution in [2.45, 2.75) is 121 Å². The number of amides is 4. The SMILES string of the molecule is NCCCCC[C@H](NC(=O)[C@H](CCCCNC(=O)CCCC(=O)O)NC(=O)C(CCCCN)NC(=O)CCCC(=O)O)C(=O)O. The van der Waals surface area contributed by atoms with E-state index in [0.29, 0.717) is 58.0 Å². The summed E-state index contributed by atoms with van der Waals surface area (Å²) in [6, 6.07) is -3.36. The number of hydrogen-bond acceptors (Lipinski definition) is 9. The lowest BCUT2D eigenvalue weighted by Gasteiger charge is -2.25. The Balaban J connectivity index is 5.47. The highest BCUT2D eigenvalue weighted by Gasteiger charge is 2.29. The fourth-order valence-corrected chi connectivity index (χ4v) is 4.36. The van der Waals surface area contributed by atoms with Gasteiger partial charge in [0.1, 0.15) is 18.1 Å². The molecule has 45 heavy (non-hydrogen) atoms. The van der Waals surface area contributed by atoms with Crippen molar-refractivity contribution < 1.29 is 48.9 Å². The second-order valence-electron chi connectivity index (χ2n) is 10.8. The standard InChI is InChI=1S/C29H52N6O10/c30-17-5-1-2-12-22(29(44)45)35-28(43)21(11-4-7-19-32-23(36)13-8-15-25(38)39)34-27(42)20(10-3-6-18-31)33-24(37)14-9-16-26(40)41/h20-22H,1-19,30-31H2,(H,32,36)(H,33,37)(H,34,42)(H,35,43)(H,38,39)(H,40,41)(H,44,45)/t20?,21-,22-/m0/s1. The average Bonchev–Trinajstić information content (AvgIpc) is 2.96. The minimum atomic E-state index is -1.22. The average molecular weight is 645 g/mol. The van der Waals surface area contributed by atoms with Crippen LogP contribution in [0.3, 0.4) is 0 Å². The molecule has 0 aromatic carbocycles. The van der Waals surface area contributed by atoms with Crippen molar-refractivity contribution in [2.24, 2.45) is 11.5 Å². The van der Waals surface area contributed by atoms with Crippen LogP contribution in [0.5, 0.6) is 0 Å². The van der Waals surface area contributed by atoms with Crippen LogP contribution in [-0.4, -0.2) is 94.6 Å². The van der Waals surface area contributed by atoms with E-state index in [1.165, 1.54) is 0 Å². The Bertz CT molecular complexity index is 949. The number of hydrogen-bond donors (Lipinski definition) is 9. The van der Waals surface area contributed by atoms with E-state index >= 15 is 0 Å². The van der Waals surface area contributed by atoms with Gasteiger partial charge in [0.15, 0.2) is 0 Å². The number of aliphatic carboxylic acids is 3. The quantitative estimate of drug-likeness (QED) is 0.0508. The third-order valence-corrected chi connectivity index (χ3v) is 6.87. The van der Waals surface area contributed by atoms with E-state index in [4.69, 9.17) is 21.7 Å². The van der Waals surface area contributed by atoms with E-state index in [2.05, 4.69) is 21.3 Å². The first kappa shape index (κ1) is 41.2. The molecule has 258 valence electrons. The van der Waals surface area contributed by atoms with E-state index in [1.54, 1.807) is 0 Å². The maximum Gasteiger partial charge on any atom is 0.326 e. The van der Waals surface area contributed by atoms with Crippen LogP contribution in [0.2, 0.25) is 0 Å². The Morgan fingerprint density at radius 2 is 0.933 bits per heavy atom. The number of rotatable bonds is 28. The molecule has 0 rings (SSSR count). The summed E-state index contributed by atoms with van der Waals surface area (Å²) >= 11 is 0. The first-order chi connectivity index (χ1) is 21.4. The predicted molar refractivity (Wildman–Crippen MR) is 164 cm³/mol. The molecule has 16 nitrogen and oxygen atoms in total. The van der Waals surface area contributed by atoms with Gasteiger partial charge in [-0.25, -0.2) is 4.79 Å². The molecule has 0 aromatic heterocycles. The number of carboxylic acids is 3. The lowest BCUT2D eigenvalue weighted by atomic mass is 10.0. The molecule has 0 aromatic rings. The molecule has 16 heteroatoms. The minimum Gasteiger partial charge on any atom is -0.481 e. The Hall–Kier alpha value is -3.79. The molecule has 4 amide bonds. The van der Waals surface area contributed by atoms with Crippen LogP contribution in [0.4, 0.5) is 0 Å². The zero-order chi connectivity index (χ0) is 34.0. The van der Waals surface area contributed by atoms with Crippen molar-refractivity contribution in [3.8, 4) is 0 Å². The molecule has 1 unspecified atom stereocenters. The van der Waals surface area contributed by atoms with Crippen molar-refractivity contribution >= 4 is 41.5 Å². The van der Waals surface area contributed by atoms with Gasteiger partial charge in [0, 0.05) is 32.2 Å². The maximum atomic E-state index is 13.3. The number of nitrogens with two attached hydrogens (primary N) is 2. The Morgan fingerprint density at radius 1 is 0.489 bits per heavy atom. The molecule has 0 bridgehead atoms. The first-order valence-electron chi connectivity index (χ1n) is 15.6.